The number of hydrogen-bond donors (Lipinski definition) is 1. The fourth-order valence-corrected chi connectivity index (χ4v) is 3.03. The standard InChI is InChI=1S/C19H21N3O2/c1-4-22-17-8-6-5-7-15(17)14-10-9-13(11-16(14)19(22)24)20-18(23)12-21(2)3/h5-11H,4,12H2,1-3H3,(H,20,23). The average molecular weight is 323 g/mol. The van der Waals surface area contributed by atoms with Crippen molar-refractivity contribution in [2.45, 2.75) is 13.5 Å². The Hall–Kier alpha value is -2.66. The van der Waals surface area contributed by atoms with E-state index in [4.69, 9.17) is 0 Å². The van der Waals surface area contributed by atoms with Crippen molar-refractivity contribution < 1.29 is 4.79 Å². The molecule has 5 nitrogen and oxygen atoms in total. The van der Waals surface area contributed by atoms with E-state index >= 15 is 0 Å². The second-order valence-electron chi connectivity index (χ2n) is 6.11. The number of para-hydroxylation sites is 1. The van der Waals surface area contributed by atoms with Crippen molar-refractivity contribution in [3.8, 4) is 0 Å². The Balaban J connectivity index is 2.16. The van der Waals surface area contributed by atoms with E-state index in [9.17, 15) is 9.59 Å². The first-order chi connectivity index (χ1) is 11.5. The first-order valence-electron chi connectivity index (χ1n) is 8.01. The number of amides is 1. The summed E-state index contributed by atoms with van der Waals surface area (Å²) in [5.74, 6) is -0.101. The lowest BCUT2D eigenvalue weighted by atomic mass is 10.1. The molecule has 0 saturated heterocycles. The van der Waals surface area contributed by atoms with Gasteiger partial charge in [0.25, 0.3) is 5.56 Å². The molecule has 3 aromatic rings. The molecular formula is C19H21N3O2. The number of carbonyl (C=O) groups is 1. The lowest BCUT2D eigenvalue weighted by Gasteiger charge is -2.13. The van der Waals surface area contributed by atoms with Gasteiger partial charge in [0.15, 0.2) is 0 Å². The molecule has 0 atom stereocenters. The molecule has 1 heterocycles. The number of fused-ring (bicyclic) bond motifs is 3. The van der Waals surface area contributed by atoms with E-state index in [0.717, 1.165) is 16.3 Å². The Kier molecular flexibility index (Phi) is 4.36. The maximum absolute atomic E-state index is 12.8. The number of pyridine rings is 1. The molecule has 1 amide bonds. The Labute approximate surface area is 140 Å². The van der Waals surface area contributed by atoms with Gasteiger partial charge in [0.2, 0.25) is 5.91 Å². The van der Waals surface area contributed by atoms with Gasteiger partial charge in [-0.3, -0.25) is 9.59 Å². The van der Waals surface area contributed by atoms with E-state index in [2.05, 4.69) is 5.32 Å². The van der Waals surface area contributed by atoms with Crippen molar-refractivity contribution in [3.63, 3.8) is 0 Å². The Bertz CT molecular complexity index is 973. The number of carbonyl (C=O) groups excluding carboxylic acids is 1. The highest BCUT2D eigenvalue weighted by Crippen LogP contribution is 2.25. The minimum Gasteiger partial charge on any atom is -0.325 e. The predicted octanol–water partition coefficient (Wildman–Crippen LogP) is 2.67. The van der Waals surface area contributed by atoms with Gasteiger partial charge in [0, 0.05) is 23.0 Å². The van der Waals surface area contributed by atoms with E-state index in [1.54, 1.807) is 15.5 Å². The number of aromatic nitrogens is 1. The van der Waals surface area contributed by atoms with E-state index in [1.807, 2.05) is 57.4 Å². The van der Waals surface area contributed by atoms with Crippen LogP contribution < -0.4 is 10.9 Å². The van der Waals surface area contributed by atoms with Crippen LogP contribution in [0.2, 0.25) is 0 Å². The summed E-state index contributed by atoms with van der Waals surface area (Å²) in [5.41, 5.74) is 1.54. The number of benzene rings is 2. The zero-order chi connectivity index (χ0) is 17.3. The van der Waals surface area contributed by atoms with Crippen molar-refractivity contribution in [1.29, 1.82) is 0 Å². The first-order valence-corrected chi connectivity index (χ1v) is 8.01. The van der Waals surface area contributed by atoms with Gasteiger partial charge >= 0.3 is 0 Å². The molecule has 0 saturated carbocycles. The highest BCUT2D eigenvalue weighted by Gasteiger charge is 2.11. The highest BCUT2D eigenvalue weighted by atomic mass is 16.2. The first kappa shape index (κ1) is 16.2. The summed E-state index contributed by atoms with van der Waals surface area (Å²) in [6.45, 7) is 2.86. The highest BCUT2D eigenvalue weighted by molar-refractivity contribution is 6.07. The molecule has 2 aromatic carbocycles. The maximum Gasteiger partial charge on any atom is 0.258 e. The summed E-state index contributed by atoms with van der Waals surface area (Å²) >= 11 is 0. The summed E-state index contributed by atoms with van der Waals surface area (Å²) in [6, 6.07) is 13.4. The van der Waals surface area contributed by atoms with Crippen LogP contribution >= 0.6 is 0 Å². The third kappa shape index (κ3) is 2.90. The van der Waals surface area contributed by atoms with Crippen LogP contribution in [0.1, 0.15) is 6.92 Å². The van der Waals surface area contributed by atoms with Crippen LogP contribution in [0.4, 0.5) is 5.69 Å². The van der Waals surface area contributed by atoms with Crippen LogP contribution in [0.25, 0.3) is 21.7 Å². The maximum atomic E-state index is 12.8. The number of nitrogens with one attached hydrogen (secondary N) is 1. The summed E-state index contributed by atoms with van der Waals surface area (Å²) in [5, 5.41) is 5.42. The molecule has 124 valence electrons. The number of likely N-dealkylation sites (N-methyl/N-ethyl adjacent to an activating group) is 1. The van der Waals surface area contributed by atoms with Gasteiger partial charge in [-0.15, -0.1) is 0 Å². The van der Waals surface area contributed by atoms with Crippen LogP contribution in [0.5, 0.6) is 0 Å². The molecule has 0 radical (unpaired) electrons. The molecule has 24 heavy (non-hydrogen) atoms. The predicted molar refractivity (Wildman–Crippen MR) is 98.6 cm³/mol. The topological polar surface area (TPSA) is 54.3 Å². The molecule has 0 aliphatic rings. The minimum atomic E-state index is -0.101. The lowest BCUT2D eigenvalue weighted by molar-refractivity contribution is -0.116. The van der Waals surface area contributed by atoms with E-state index in [1.165, 1.54) is 0 Å². The molecule has 0 aliphatic carbocycles. The normalized spacial score (nSPS) is 11.3. The largest absolute Gasteiger partial charge is 0.325 e. The summed E-state index contributed by atoms with van der Waals surface area (Å²) in [7, 11) is 3.68. The SMILES string of the molecule is CCn1c(=O)c2cc(NC(=O)CN(C)C)ccc2c2ccccc21. The number of aryl methyl sites for hydroxylation is 1. The van der Waals surface area contributed by atoms with Crippen molar-refractivity contribution >= 4 is 33.3 Å². The third-order valence-electron chi connectivity index (χ3n) is 4.04. The van der Waals surface area contributed by atoms with Crippen molar-refractivity contribution in [1.82, 2.24) is 9.47 Å². The van der Waals surface area contributed by atoms with Crippen LogP contribution in [-0.2, 0) is 11.3 Å². The molecule has 1 aromatic heterocycles. The molecule has 0 unspecified atom stereocenters. The van der Waals surface area contributed by atoms with Crippen LogP contribution in [0.3, 0.4) is 0 Å². The molecule has 0 aliphatic heterocycles. The molecular weight excluding hydrogens is 302 g/mol. The zero-order valence-corrected chi connectivity index (χ0v) is 14.2. The monoisotopic (exact) mass is 323 g/mol. The Morgan fingerprint density at radius 1 is 1.08 bits per heavy atom. The quantitative estimate of drug-likeness (QED) is 0.751. The van der Waals surface area contributed by atoms with Gasteiger partial charge in [0.05, 0.1) is 12.1 Å². The smallest absolute Gasteiger partial charge is 0.258 e. The van der Waals surface area contributed by atoms with Crippen LogP contribution in [0, 0.1) is 0 Å². The van der Waals surface area contributed by atoms with Crippen molar-refractivity contribution in [2.75, 3.05) is 26.0 Å². The van der Waals surface area contributed by atoms with Gasteiger partial charge in [0.1, 0.15) is 0 Å². The summed E-state index contributed by atoms with van der Waals surface area (Å²) < 4.78 is 1.77. The van der Waals surface area contributed by atoms with Gasteiger partial charge in [-0.05, 0) is 44.6 Å². The van der Waals surface area contributed by atoms with Crippen molar-refractivity contribution in [3.05, 3.63) is 52.8 Å². The third-order valence-corrected chi connectivity index (χ3v) is 4.04. The summed E-state index contributed by atoms with van der Waals surface area (Å²) in [4.78, 5) is 26.6. The second-order valence-corrected chi connectivity index (χ2v) is 6.11. The molecule has 0 bridgehead atoms. The molecule has 0 spiro atoms. The lowest BCUT2D eigenvalue weighted by Crippen LogP contribution is -2.27. The molecule has 5 heteroatoms. The van der Waals surface area contributed by atoms with E-state index in [-0.39, 0.29) is 11.5 Å². The van der Waals surface area contributed by atoms with Crippen LogP contribution in [0.15, 0.2) is 47.3 Å². The fourth-order valence-electron chi connectivity index (χ4n) is 3.03. The van der Waals surface area contributed by atoms with Crippen molar-refractivity contribution in [2.24, 2.45) is 0 Å². The minimum absolute atomic E-state index is 0.0325. The Morgan fingerprint density at radius 3 is 2.54 bits per heavy atom. The van der Waals surface area contributed by atoms with Gasteiger partial charge in [-0.1, -0.05) is 24.3 Å². The number of anilines is 1. The van der Waals surface area contributed by atoms with Gasteiger partial charge in [-0.2, -0.15) is 0 Å². The molecule has 0 fully saturated rings. The fraction of sp³-hybridized carbons (Fsp3) is 0.263. The average Bonchev–Trinajstić information content (AvgIpc) is 2.55. The van der Waals surface area contributed by atoms with Gasteiger partial charge in [-0.25, -0.2) is 0 Å². The number of rotatable bonds is 4. The van der Waals surface area contributed by atoms with Gasteiger partial charge < -0.3 is 14.8 Å². The second kappa shape index (κ2) is 6.45. The zero-order valence-electron chi connectivity index (χ0n) is 14.2. The molecule has 1 N–H and O–H groups in total. The number of nitrogens with zero attached hydrogens (tertiary/aromatic N) is 2. The van der Waals surface area contributed by atoms with E-state index in [0.29, 0.717) is 24.2 Å². The molecule has 3 rings (SSSR count). The Morgan fingerprint density at radius 2 is 1.83 bits per heavy atom. The number of hydrogen-bond acceptors (Lipinski definition) is 3. The van der Waals surface area contributed by atoms with Crippen LogP contribution in [-0.4, -0.2) is 36.0 Å². The van der Waals surface area contributed by atoms with E-state index < -0.39 is 0 Å². The summed E-state index contributed by atoms with van der Waals surface area (Å²) in [6.07, 6.45) is 0.